The second kappa shape index (κ2) is 18.5. The van der Waals surface area contributed by atoms with Crippen molar-refractivity contribution in [2.24, 2.45) is 0 Å². The fourth-order valence-corrected chi connectivity index (χ4v) is 2.55. The molecule has 0 aliphatic rings. The highest BCUT2D eigenvalue weighted by molar-refractivity contribution is 5.69. The molecule has 0 saturated heterocycles. The number of unbranched alkanes of at least 4 members (excludes halogenated alkanes) is 9. The lowest BCUT2D eigenvalue weighted by atomic mass is 10.1. The highest BCUT2D eigenvalue weighted by Crippen LogP contribution is 2.11. The maximum Gasteiger partial charge on any atom is 0.308 e. The van der Waals surface area contributed by atoms with Gasteiger partial charge >= 0.3 is 5.97 Å². The van der Waals surface area contributed by atoms with Gasteiger partial charge in [0.25, 0.3) is 6.29 Å². The van der Waals surface area contributed by atoms with Crippen LogP contribution in [0.5, 0.6) is 0 Å². The number of allylic oxidation sites excluding steroid dienone is 2. The van der Waals surface area contributed by atoms with Crippen molar-refractivity contribution in [1.29, 1.82) is 0 Å². The predicted octanol–water partition coefficient (Wildman–Crippen LogP) is 4.63. The summed E-state index contributed by atoms with van der Waals surface area (Å²) in [5, 5.41) is 18.4. The first kappa shape index (κ1) is 24.7. The van der Waals surface area contributed by atoms with Crippen molar-refractivity contribution in [2.75, 3.05) is 6.61 Å². The zero-order valence-electron chi connectivity index (χ0n) is 16.4. The molecule has 0 spiro atoms. The van der Waals surface area contributed by atoms with Crippen LogP contribution in [0.25, 0.3) is 0 Å². The van der Waals surface area contributed by atoms with Gasteiger partial charge in [0.15, 0.2) is 6.10 Å². The summed E-state index contributed by atoms with van der Waals surface area (Å²) in [6.45, 7) is 5.04. The molecule has 26 heavy (non-hydrogen) atoms. The Bertz CT molecular complexity index is 367. The van der Waals surface area contributed by atoms with Crippen LogP contribution in [0.1, 0.15) is 84.0 Å². The molecular weight excluding hydrogens is 332 g/mol. The average Bonchev–Trinajstić information content (AvgIpc) is 2.64. The summed E-state index contributed by atoms with van der Waals surface area (Å²) in [5.41, 5.74) is 0. The largest absolute Gasteiger partial charge is 0.460 e. The molecule has 2 atom stereocenters. The third kappa shape index (κ3) is 15.0. The Hall–Kier alpha value is -1.33. The van der Waals surface area contributed by atoms with Crippen molar-refractivity contribution in [1.82, 2.24) is 0 Å². The maximum atomic E-state index is 11.7. The van der Waals surface area contributed by atoms with Crippen LogP contribution in [0.3, 0.4) is 0 Å². The summed E-state index contributed by atoms with van der Waals surface area (Å²) in [6.07, 6.45) is 16.3. The molecule has 5 heteroatoms. The van der Waals surface area contributed by atoms with Crippen molar-refractivity contribution in [3.63, 3.8) is 0 Å². The average molecular weight is 371 g/mol. The van der Waals surface area contributed by atoms with Crippen molar-refractivity contribution < 1.29 is 24.5 Å². The molecule has 152 valence electrons. The molecule has 0 heterocycles. The molecule has 0 bridgehead atoms. The van der Waals surface area contributed by atoms with E-state index in [9.17, 15) is 9.90 Å². The summed E-state index contributed by atoms with van der Waals surface area (Å²) in [4.78, 5) is 11.7. The zero-order chi connectivity index (χ0) is 19.5. The summed E-state index contributed by atoms with van der Waals surface area (Å²) in [5.74, 6) is -0.435. The van der Waals surface area contributed by atoms with E-state index in [2.05, 4.69) is 25.7 Å². The number of carbonyl (C=O) groups excluding carboxylic acids is 1. The van der Waals surface area contributed by atoms with Gasteiger partial charge in [-0.15, -0.1) is 0 Å². The summed E-state index contributed by atoms with van der Waals surface area (Å²) >= 11 is 0. The van der Waals surface area contributed by atoms with Gasteiger partial charge in [0, 0.05) is 6.42 Å². The van der Waals surface area contributed by atoms with Crippen molar-refractivity contribution in [3.8, 4) is 0 Å². The van der Waals surface area contributed by atoms with Crippen molar-refractivity contribution >= 4 is 5.97 Å². The molecule has 0 saturated carbocycles. The van der Waals surface area contributed by atoms with Crippen LogP contribution in [0.2, 0.25) is 0 Å². The first-order valence-electron chi connectivity index (χ1n) is 10.1. The summed E-state index contributed by atoms with van der Waals surface area (Å²) < 4.78 is 9.89. The van der Waals surface area contributed by atoms with Crippen molar-refractivity contribution in [2.45, 2.75) is 96.4 Å². The molecule has 2 N–H and O–H groups in total. The normalized spacial score (nSPS) is 13.5. The molecule has 0 aliphatic heterocycles. The number of carbonyl (C=O) groups is 1. The molecule has 0 aromatic heterocycles. The van der Waals surface area contributed by atoms with E-state index in [0.717, 1.165) is 31.9 Å². The van der Waals surface area contributed by atoms with Crippen LogP contribution in [0, 0.1) is 0 Å². The Kier molecular flexibility index (Phi) is 17.5. The molecule has 0 radical (unpaired) electrons. The number of esters is 1. The molecular formula is C21H38O5. The molecule has 5 nitrogen and oxygen atoms in total. The lowest BCUT2D eigenvalue weighted by Crippen LogP contribution is -2.35. The molecule has 2 unspecified atom stereocenters. The number of ether oxygens (including phenoxy) is 2. The first-order valence-corrected chi connectivity index (χ1v) is 10.1. The van der Waals surface area contributed by atoms with E-state index in [1.807, 2.05) is 0 Å². The van der Waals surface area contributed by atoms with E-state index in [4.69, 9.17) is 14.6 Å². The van der Waals surface area contributed by atoms with Gasteiger partial charge in [0.1, 0.15) is 0 Å². The quantitative estimate of drug-likeness (QED) is 0.121. The number of aliphatic hydroxyl groups is 2. The minimum Gasteiger partial charge on any atom is -0.460 e. The van der Waals surface area contributed by atoms with Crippen LogP contribution < -0.4 is 0 Å². The Balaban J connectivity index is 3.55. The number of aliphatic hydroxyl groups excluding tert-OH is 2. The first-order chi connectivity index (χ1) is 12.7. The second-order valence-corrected chi connectivity index (χ2v) is 6.54. The van der Waals surface area contributed by atoms with Crippen LogP contribution in [0.15, 0.2) is 25.0 Å². The Morgan fingerprint density at radius 3 is 2.15 bits per heavy atom. The molecule has 0 amide bonds. The SMILES string of the molecule is C=COC(OC(=O)CCCCCCCC=CCCCCCC)C(O)CO. The predicted molar refractivity (Wildman–Crippen MR) is 104 cm³/mol. The fourth-order valence-electron chi connectivity index (χ4n) is 2.55. The van der Waals surface area contributed by atoms with E-state index < -0.39 is 25.0 Å². The van der Waals surface area contributed by atoms with Gasteiger partial charge < -0.3 is 19.7 Å². The zero-order valence-corrected chi connectivity index (χ0v) is 16.4. The smallest absolute Gasteiger partial charge is 0.308 e. The molecule has 0 aliphatic carbocycles. The second-order valence-electron chi connectivity index (χ2n) is 6.54. The van der Waals surface area contributed by atoms with Gasteiger partial charge in [0.2, 0.25) is 0 Å². The van der Waals surface area contributed by atoms with Gasteiger partial charge in [-0.25, -0.2) is 0 Å². The Labute approximate surface area is 159 Å². The number of rotatable bonds is 18. The summed E-state index contributed by atoms with van der Waals surface area (Å²) in [6, 6.07) is 0. The minimum absolute atomic E-state index is 0.285. The van der Waals surface area contributed by atoms with Crippen molar-refractivity contribution in [3.05, 3.63) is 25.0 Å². The topological polar surface area (TPSA) is 76.0 Å². The molecule has 0 rings (SSSR count). The van der Waals surface area contributed by atoms with Crippen LogP contribution in [0.4, 0.5) is 0 Å². The number of hydrogen-bond donors (Lipinski definition) is 2. The van der Waals surface area contributed by atoms with Crippen LogP contribution in [-0.2, 0) is 14.3 Å². The van der Waals surface area contributed by atoms with Gasteiger partial charge in [-0.1, -0.05) is 64.2 Å². The minimum atomic E-state index is -1.27. The van der Waals surface area contributed by atoms with Crippen LogP contribution >= 0.6 is 0 Å². The van der Waals surface area contributed by atoms with E-state index in [0.29, 0.717) is 0 Å². The molecule has 0 fully saturated rings. The molecule has 0 aromatic carbocycles. The van der Waals surface area contributed by atoms with Gasteiger partial charge in [-0.05, 0) is 32.1 Å². The van der Waals surface area contributed by atoms with E-state index in [-0.39, 0.29) is 6.42 Å². The van der Waals surface area contributed by atoms with Gasteiger partial charge in [-0.3, -0.25) is 4.79 Å². The Morgan fingerprint density at radius 2 is 1.58 bits per heavy atom. The highest BCUT2D eigenvalue weighted by atomic mass is 16.7. The monoisotopic (exact) mass is 370 g/mol. The van der Waals surface area contributed by atoms with Gasteiger partial charge in [-0.2, -0.15) is 0 Å². The lowest BCUT2D eigenvalue weighted by Gasteiger charge is -2.20. The standard InChI is InChI=1S/C21H38O5/c1-3-5-6-7-8-9-10-11-12-13-14-15-16-17-20(24)26-21(25-4-2)19(23)18-22/h4,9-10,19,21-23H,2-3,5-8,11-18H2,1H3. The third-order valence-corrected chi connectivity index (χ3v) is 4.12. The number of hydrogen-bond acceptors (Lipinski definition) is 5. The molecule has 0 aromatic rings. The van der Waals surface area contributed by atoms with Gasteiger partial charge in [0.05, 0.1) is 12.9 Å². The van der Waals surface area contributed by atoms with E-state index in [1.54, 1.807) is 0 Å². The Morgan fingerprint density at radius 1 is 1.00 bits per heavy atom. The third-order valence-electron chi connectivity index (χ3n) is 4.12. The van der Waals surface area contributed by atoms with E-state index >= 15 is 0 Å². The van der Waals surface area contributed by atoms with Crippen LogP contribution in [-0.4, -0.2) is 35.2 Å². The summed E-state index contributed by atoms with van der Waals surface area (Å²) in [7, 11) is 0. The van der Waals surface area contributed by atoms with E-state index in [1.165, 1.54) is 44.9 Å². The fraction of sp³-hybridized carbons (Fsp3) is 0.762. The maximum absolute atomic E-state index is 11.7. The lowest BCUT2D eigenvalue weighted by molar-refractivity contribution is -0.192. The highest BCUT2D eigenvalue weighted by Gasteiger charge is 2.23.